The monoisotopic (exact) mass is 352 g/mol. The number of hydrogen-bond donors (Lipinski definition) is 0. The van der Waals surface area contributed by atoms with E-state index in [2.05, 4.69) is 17.9 Å². The fraction of sp³-hybridized carbons (Fsp3) is 0.381. The minimum absolute atomic E-state index is 0.120. The molecule has 1 saturated heterocycles. The summed E-state index contributed by atoms with van der Waals surface area (Å²) < 4.78 is 11.3. The van der Waals surface area contributed by atoms with Crippen molar-refractivity contribution in [3.63, 3.8) is 0 Å². The first-order chi connectivity index (χ1) is 12.6. The number of nitrogens with zero attached hydrogens (tertiary/aromatic N) is 2. The van der Waals surface area contributed by atoms with Crippen LogP contribution in [0.2, 0.25) is 0 Å². The Morgan fingerprint density at radius 1 is 0.846 bits per heavy atom. The van der Waals surface area contributed by atoms with Gasteiger partial charge in [0.25, 0.3) is 5.91 Å². The second kappa shape index (κ2) is 6.90. The predicted molar refractivity (Wildman–Crippen MR) is 101 cm³/mol. The molecule has 0 atom stereocenters. The summed E-state index contributed by atoms with van der Waals surface area (Å²) in [6.45, 7) is 8.38. The highest BCUT2D eigenvalue weighted by Gasteiger charge is 2.23. The zero-order chi connectivity index (χ0) is 18.1. The smallest absolute Gasteiger partial charge is 0.253 e. The molecule has 26 heavy (non-hydrogen) atoms. The molecule has 0 aliphatic carbocycles. The van der Waals surface area contributed by atoms with Crippen LogP contribution < -0.4 is 14.4 Å². The number of carbonyl (C=O) groups excluding carboxylic acids is 1. The van der Waals surface area contributed by atoms with E-state index >= 15 is 0 Å². The maximum atomic E-state index is 12.8. The number of carbonyl (C=O) groups is 1. The molecule has 0 bridgehead atoms. The third kappa shape index (κ3) is 3.21. The van der Waals surface area contributed by atoms with Gasteiger partial charge in [-0.05, 0) is 49.2 Å². The molecule has 2 aromatic carbocycles. The zero-order valence-corrected chi connectivity index (χ0v) is 15.3. The molecule has 0 unspecified atom stereocenters. The van der Waals surface area contributed by atoms with Crippen molar-refractivity contribution in [3.8, 4) is 11.5 Å². The maximum absolute atomic E-state index is 12.8. The Bertz CT molecular complexity index is 826. The van der Waals surface area contributed by atoms with Crippen LogP contribution in [-0.2, 0) is 0 Å². The minimum atomic E-state index is 0.120. The Kier molecular flexibility index (Phi) is 4.45. The molecule has 5 heteroatoms. The second-order valence-corrected chi connectivity index (χ2v) is 6.91. The summed E-state index contributed by atoms with van der Waals surface area (Å²) >= 11 is 0. The quantitative estimate of drug-likeness (QED) is 0.833. The largest absolute Gasteiger partial charge is 0.486 e. The van der Waals surface area contributed by atoms with Gasteiger partial charge in [-0.25, -0.2) is 0 Å². The van der Waals surface area contributed by atoms with E-state index in [9.17, 15) is 4.79 Å². The predicted octanol–water partition coefficient (Wildman–Crippen LogP) is 3.04. The van der Waals surface area contributed by atoms with Gasteiger partial charge in [0.2, 0.25) is 0 Å². The van der Waals surface area contributed by atoms with Gasteiger partial charge in [-0.15, -0.1) is 0 Å². The summed E-state index contributed by atoms with van der Waals surface area (Å²) in [7, 11) is 0. The van der Waals surface area contributed by atoms with Crippen LogP contribution in [0, 0.1) is 13.8 Å². The van der Waals surface area contributed by atoms with Crippen molar-refractivity contribution in [1.82, 2.24) is 4.90 Å². The van der Waals surface area contributed by atoms with Crippen LogP contribution in [-0.4, -0.2) is 50.2 Å². The third-order valence-corrected chi connectivity index (χ3v) is 5.21. The first-order valence-electron chi connectivity index (χ1n) is 9.13. The highest BCUT2D eigenvalue weighted by atomic mass is 16.6. The molecule has 1 fully saturated rings. The Morgan fingerprint density at radius 2 is 1.58 bits per heavy atom. The molecule has 2 aliphatic rings. The first kappa shape index (κ1) is 16.8. The van der Waals surface area contributed by atoms with Crippen LogP contribution >= 0.6 is 0 Å². The average Bonchev–Trinajstić information content (AvgIpc) is 2.69. The van der Waals surface area contributed by atoms with Crippen molar-refractivity contribution in [3.05, 3.63) is 53.1 Å². The molecule has 2 heterocycles. The lowest BCUT2D eigenvalue weighted by atomic mass is 10.1. The summed E-state index contributed by atoms with van der Waals surface area (Å²) in [5.41, 5.74) is 4.27. The van der Waals surface area contributed by atoms with Crippen LogP contribution in [0.4, 0.5) is 5.69 Å². The van der Waals surface area contributed by atoms with Gasteiger partial charge in [-0.1, -0.05) is 6.07 Å². The van der Waals surface area contributed by atoms with Gasteiger partial charge in [0.15, 0.2) is 11.5 Å². The SMILES string of the molecule is Cc1ccc(C(=O)N2CCN(c3ccc4c(c3)OCCO4)CC2)cc1C. The van der Waals surface area contributed by atoms with E-state index < -0.39 is 0 Å². The summed E-state index contributed by atoms with van der Waals surface area (Å²) in [4.78, 5) is 17.0. The number of fused-ring (bicyclic) bond motifs is 1. The number of anilines is 1. The summed E-state index contributed by atoms with van der Waals surface area (Å²) in [6, 6.07) is 12.0. The van der Waals surface area contributed by atoms with E-state index in [1.807, 2.05) is 42.2 Å². The third-order valence-electron chi connectivity index (χ3n) is 5.21. The van der Waals surface area contributed by atoms with Crippen LogP contribution in [0.5, 0.6) is 11.5 Å². The Morgan fingerprint density at radius 3 is 2.31 bits per heavy atom. The molecular weight excluding hydrogens is 328 g/mol. The molecule has 0 saturated carbocycles. The topological polar surface area (TPSA) is 42.0 Å². The van der Waals surface area contributed by atoms with Crippen LogP contribution in [0.3, 0.4) is 0 Å². The van der Waals surface area contributed by atoms with Crippen LogP contribution in [0.25, 0.3) is 0 Å². The van der Waals surface area contributed by atoms with Crippen LogP contribution in [0.15, 0.2) is 36.4 Å². The van der Waals surface area contributed by atoms with E-state index in [0.29, 0.717) is 13.2 Å². The zero-order valence-electron chi connectivity index (χ0n) is 15.3. The lowest BCUT2D eigenvalue weighted by Gasteiger charge is -2.36. The van der Waals surface area contributed by atoms with Gasteiger partial charge in [-0.3, -0.25) is 4.79 Å². The Balaban J connectivity index is 1.42. The number of aryl methyl sites for hydroxylation is 2. The van der Waals surface area contributed by atoms with Gasteiger partial charge < -0.3 is 19.3 Å². The highest BCUT2D eigenvalue weighted by Crippen LogP contribution is 2.34. The van der Waals surface area contributed by atoms with E-state index in [4.69, 9.17) is 9.47 Å². The number of amides is 1. The van der Waals surface area contributed by atoms with E-state index in [1.54, 1.807) is 0 Å². The normalized spacial score (nSPS) is 16.5. The van der Waals surface area contributed by atoms with Gasteiger partial charge in [0, 0.05) is 43.5 Å². The lowest BCUT2D eigenvalue weighted by molar-refractivity contribution is 0.0746. The average molecular weight is 352 g/mol. The lowest BCUT2D eigenvalue weighted by Crippen LogP contribution is -2.48. The fourth-order valence-corrected chi connectivity index (χ4v) is 3.45. The molecule has 0 N–H and O–H groups in total. The summed E-state index contributed by atoms with van der Waals surface area (Å²) in [6.07, 6.45) is 0. The van der Waals surface area contributed by atoms with Gasteiger partial charge in [0.05, 0.1) is 0 Å². The molecule has 0 aromatic heterocycles. The van der Waals surface area contributed by atoms with Crippen molar-refractivity contribution in [1.29, 1.82) is 0 Å². The number of benzene rings is 2. The van der Waals surface area contributed by atoms with Gasteiger partial charge in [0.1, 0.15) is 13.2 Å². The number of hydrogen-bond acceptors (Lipinski definition) is 4. The summed E-state index contributed by atoms with van der Waals surface area (Å²) in [5.74, 6) is 1.74. The minimum Gasteiger partial charge on any atom is -0.486 e. The number of ether oxygens (including phenoxy) is 2. The molecule has 2 aromatic rings. The summed E-state index contributed by atoms with van der Waals surface area (Å²) in [5, 5.41) is 0. The van der Waals surface area contributed by atoms with E-state index in [-0.39, 0.29) is 5.91 Å². The van der Waals surface area contributed by atoms with Crippen molar-refractivity contribution >= 4 is 11.6 Å². The molecule has 0 radical (unpaired) electrons. The number of rotatable bonds is 2. The molecular formula is C21H24N2O3. The van der Waals surface area contributed by atoms with Crippen molar-refractivity contribution in [2.45, 2.75) is 13.8 Å². The van der Waals surface area contributed by atoms with Gasteiger partial charge in [-0.2, -0.15) is 0 Å². The van der Waals surface area contributed by atoms with E-state index in [0.717, 1.165) is 54.5 Å². The number of piperazine rings is 1. The van der Waals surface area contributed by atoms with Crippen molar-refractivity contribution < 1.29 is 14.3 Å². The van der Waals surface area contributed by atoms with Crippen molar-refractivity contribution in [2.24, 2.45) is 0 Å². The molecule has 5 nitrogen and oxygen atoms in total. The molecule has 136 valence electrons. The molecule has 1 amide bonds. The van der Waals surface area contributed by atoms with Gasteiger partial charge >= 0.3 is 0 Å². The van der Waals surface area contributed by atoms with E-state index in [1.165, 1.54) is 5.56 Å². The maximum Gasteiger partial charge on any atom is 0.253 e. The van der Waals surface area contributed by atoms with Crippen LogP contribution in [0.1, 0.15) is 21.5 Å². The molecule has 2 aliphatic heterocycles. The fourth-order valence-electron chi connectivity index (χ4n) is 3.45. The molecule has 0 spiro atoms. The van der Waals surface area contributed by atoms with Crippen molar-refractivity contribution in [2.75, 3.05) is 44.3 Å². The highest BCUT2D eigenvalue weighted by molar-refractivity contribution is 5.94. The molecule has 4 rings (SSSR count). The Hall–Kier alpha value is -2.69. The standard InChI is InChI=1S/C21H24N2O3/c1-15-3-4-17(13-16(15)2)21(24)23-9-7-22(8-10-23)18-5-6-19-20(14-18)26-12-11-25-19/h3-6,13-14H,7-12H2,1-2H3. The first-order valence-corrected chi connectivity index (χ1v) is 9.13. The Labute approximate surface area is 154 Å². The second-order valence-electron chi connectivity index (χ2n) is 6.91.